The van der Waals surface area contributed by atoms with E-state index in [0.29, 0.717) is 19.4 Å². The Labute approximate surface area is 123 Å². The van der Waals surface area contributed by atoms with Gasteiger partial charge in [0.15, 0.2) is 0 Å². The Morgan fingerprint density at radius 1 is 1.38 bits per heavy atom. The Bertz CT molecular complexity index is 529. The number of nitrogens with zero attached hydrogens (tertiary/aromatic N) is 1. The van der Waals surface area contributed by atoms with Crippen LogP contribution in [0.25, 0.3) is 0 Å². The number of rotatable bonds is 4. The zero-order valence-corrected chi connectivity index (χ0v) is 11.9. The van der Waals surface area contributed by atoms with E-state index in [9.17, 15) is 19.8 Å². The Morgan fingerprint density at radius 2 is 2.00 bits per heavy atom. The molecule has 2 rings (SSSR count). The number of carbonyl (C=O) groups excluding carboxylic acids is 1. The first-order chi connectivity index (χ1) is 9.90. The second kappa shape index (κ2) is 6.13. The zero-order valence-electron chi connectivity index (χ0n) is 11.9. The number of amides is 1. The van der Waals surface area contributed by atoms with Gasteiger partial charge in [0.05, 0.1) is 6.04 Å². The quantitative estimate of drug-likeness (QED) is 0.753. The van der Waals surface area contributed by atoms with E-state index >= 15 is 0 Å². The van der Waals surface area contributed by atoms with Crippen LogP contribution in [0.4, 0.5) is 0 Å². The van der Waals surface area contributed by atoms with Crippen LogP contribution < -0.4 is 5.73 Å². The molecule has 1 fully saturated rings. The number of hydrogen-bond donors (Lipinski definition) is 3. The predicted octanol–water partition coefficient (Wildman–Crippen LogP) is 0.584. The summed E-state index contributed by atoms with van der Waals surface area (Å²) in [5.74, 6) is -1.23. The molecular weight excluding hydrogens is 272 g/mol. The van der Waals surface area contributed by atoms with Crippen molar-refractivity contribution < 1.29 is 19.8 Å². The van der Waals surface area contributed by atoms with Gasteiger partial charge < -0.3 is 20.8 Å². The molecule has 21 heavy (non-hydrogen) atoms. The predicted molar refractivity (Wildman–Crippen MR) is 76.7 cm³/mol. The summed E-state index contributed by atoms with van der Waals surface area (Å²) in [5.41, 5.74) is 6.75. The molecule has 1 amide bonds. The number of benzene rings is 1. The summed E-state index contributed by atoms with van der Waals surface area (Å²) < 4.78 is 0. The van der Waals surface area contributed by atoms with Gasteiger partial charge in [0.1, 0.15) is 11.8 Å². The monoisotopic (exact) mass is 292 g/mol. The molecule has 2 unspecified atom stereocenters. The van der Waals surface area contributed by atoms with E-state index in [-0.39, 0.29) is 17.6 Å². The number of aromatic hydroxyl groups is 1. The van der Waals surface area contributed by atoms with Crippen LogP contribution in [0, 0.1) is 5.92 Å². The van der Waals surface area contributed by atoms with Gasteiger partial charge >= 0.3 is 5.97 Å². The fraction of sp³-hybridized carbons (Fsp3) is 0.467. The zero-order chi connectivity index (χ0) is 15.6. The summed E-state index contributed by atoms with van der Waals surface area (Å²) in [5, 5.41) is 18.5. The molecule has 0 aromatic heterocycles. The van der Waals surface area contributed by atoms with Gasteiger partial charge in [-0.25, -0.2) is 4.79 Å². The number of phenols is 1. The molecule has 0 spiro atoms. The summed E-state index contributed by atoms with van der Waals surface area (Å²) >= 11 is 0. The molecule has 1 aromatic rings. The standard InChI is InChI=1S/C15H20N2O4/c1-9-6-7-17(13(9)15(20)21)14(19)12(16)8-10-2-4-11(18)5-3-10/h2-5,9,12-13,18H,6-8,16H2,1H3,(H,20,21)/t9?,12-,13?/m0/s1. The second-order valence-electron chi connectivity index (χ2n) is 5.56. The fourth-order valence-electron chi connectivity index (χ4n) is 2.76. The second-order valence-corrected chi connectivity index (χ2v) is 5.56. The number of hydrogen-bond acceptors (Lipinski definition) is 4. The molecule has 6 heteroatoms. The lowest BCUT2D eigenvalue weighted by Gasteiger charge is -2.26. The highest BCUT2D eigenvalue weighted by molar-refractivity contribution is 5.87. The minimum atomic E-state index is -0.981. The largest absolute Gasteiger partial charge is 0.508 e. The molecule has 0 radical (unpaired) electrons. The van der Waals surface area contributed by atoms with Crippen molar-refractivity contribution in [2.75, 3.05) is 6.54 Å². The maximum absolute atomic E-state index is 12.4. The first-order valence-electron chi connectivity index (χ1n) is 6.97. The molecule has 1 heterocycles. The van der Waals surface area contributed by atoms with Gasteiger partial charge in [0, 0.05) is 6.54 Å². The van der Waals surface area contributed by atoms with E-state index in [4.69, 9.17) is 5.73 Å². The van der Waals surface area contributed by atoms with Crippen LogP contribution >= 0.6 is 0 Å². The summed E-state index contributed by atoms with van der Waals surface area (Å²) in [6.45, 7) is 2.26. The fourth-order valence-corrected chi connectivity index (χ4v) is 2.76. The van der Waals surface area contributed by atoms with Crippen molar-refractivity contribution in [3.8, 4) is 5.75 Å². The van der Waals surface area contributed by atoms with Crippen LogP contribution in [0.2, 0.25) is 0 Å². The molecule has 0 aliphatic carbocycles. The van der Waals surface area contributed by atoms with Crippen molar-refractivity contribution in [2.24, 2.45) is 11.7 Å². The highest BCUT2D eigenvalue weighted by atomic mass is 16.4. The highest BCUT2D eigenvalue weighted by Gasteiger charge is 2.40. The van der Waals surface area contributed by atoms with Crippen LogP contribution in [-0.2, 0) is 16.0 Å². The molecule has 1 aliphatic heterocycles. The van der Waals surface area contributed by atoms with Crippen molar-refractivity contribution >= 4 is 11.9 Å². The molecule has 1 aliphatic rings. The van der Waals surface area contributed by atoms with Crippen LogP contribution in [0.15, 0.2) is 24.3 Å². The van der Waals surface area contributed by atoms with Crippen LogP contribution in [0.3, 0.4) is 0 Å². The van der Waals surface area contributed by atoms with E-state index in [1.165, 1.54) is 17.0 Å². The Balaban J connectivity index is 2.05. The Morgan fingerprint density at radius 3 is 2.57 bits per heavy atom. The van der Waals surface area contributed by atoms with E-state index < -0.39 is 18.1 Å². The first kappa shape index (κ1) is 15.3. The molecular formula is C15H20N2O4. The van der Waals surface area contributed by atoms with E-state index in [1.54, 1.807) is 12.1 Å². The van der Waals surface area contributed by atoms with Gasteiger partial charge in [-0.3, -0.25) is 4.79 Å². The normalized spacial score (nSPS) is 23.0. The van der Waals surface area contributed by atoms with E-state index in [0.717, 1.165) is 5.56 Å². The van der Waals surface area contributed by atoms with E-state index in [2.05, 4.69) is 0 Å². The molecule has 1 saturated heterocycles. The number of aliphatic carboxylic acids is 1. The smallest absolute Gasteiger partial charge is 0.326 e. The molecule has 0 bridgehead atoms. The third-order valence-electron chi connectivity index (χ3n) is 3.95. The van der Waals surface area contributed by atoms with Gasteiger partial charge in [0.25, 0.3) is 0 Å². The average molecular weight is 292 g/mol. The van der Waals surface area contributed by atoms with Crippen molar-refractivity contribution in [3.63, 3.8) is 0 Å². The number of carboxylic acid groups (broad SMARTS) is 1. The maximum atomic E-state index is 12.4. The van der Waals surface area contributed by atoms with E-state index in [1.807, 2.05) is 6.92 Å². The molecule has 6 nitrogen and oxygen atoms in total. The van der Waals surface area contributed by atoms with Gasteiger partial charge in [-0.2, -0.15) is 0 Å². The number of carbonyl (C=O) groups is 2. The SMILES string of the molecule is CC1CCN(C(=O)[C@@H](N)Cc2ccc(O)cc2)C1C(=O)O. The average Bonchev–Trinajstić information content (AvgIpc) is 2.82. The lowest BCUT2D eigenvalue weighted by atomic mass is 10.0. The van der Waals surface area contributed by atoms with Crippen molar-refractivity contribution in [3.05, 3.63) is 29.8 Å². The highest BCUT2D eigenvalue weighted by Crippen LogP contribution is 2.25. The number of likely N-dealkylation sites (tertiary alicyclic amines) is 1. The van der Waals surface area contributed by atoms with Gasteiger partial charge in [-0.15, -0.1) is 0 Å². The summed E-state index contributed by atoms with van der Waals surface area (Å²) in [6.07, 6.45) is 0.991. The minimum absolute atomic E-state index is 0.0627. The number of carboxylic acids is 1. The lowest BCUT2D eigenvalue weighted by Crippen LogP contribution is -2.50. The molecule has 1 aromatic carbocycles. The maximum Gasteiger partial charge on any atom is 0.326 e. The summed E-state index contributed by atoms with van der Waals surface area (Å²) in [7, 11) is 0. The molecule has 4 N–H and O–H groups in total. The molecule has 0 saturated carbocycles. The summed E-state index contributed by atoms with van der Waals surface area (Å²) in [6, 6.07) is 4.90. The Hall–Kier alpha value is -2.08. The summed E-state index contributed by atoms with van der Waals surface area (Å²) in [4.78, 5) is 25.0. The van der Waals surface area contributed by atoms with Crippen LogP contribution in [0.1, 0.15) is 18.9 Å². The van der Waals surface area contributed by atoms with Crippen molar-refractivity contribution in [1.29, 1.82) is 0 Å². The topological polar surface area (TPSA) is 104 Å². The molecule has 3 atom stereocenters. The van der Waals surface area contributed by atoms with Crippen LogP contribution in [-0.4, -0.2) is 45.6 Å². The number of phenolic OH excluding ortho intramolecular Hbond substituents is 1. The van der Waals surface area contributed by atoms with Gasteiger partial charge in [0.2, 0.25) is 5.91 Å². The first-order valence-corrected chi connectivity index (χ1v) is 6.97. The molecule has 114 valence electrons. The van der Waals surface area contributed by atoms with Gasteiger partial charge in [-0.05, 0) is 36.5 Å². The lowest BCUT2D eigenvalue weighted by molar-refractivity contribution is -0.149. The Kier molecular flexibility index (Phi) is 4.47. The minimum Gasteiger partial charge on any atom is -0.508 e. The number of nitrogens with two attached hydrogens (primary N) is 1. The van der Waals surface area contributed by atoms with Gasteiger partial charge in [-0.1, -0.05) is 19.1 Å². The van der Waals surface area contributed by atoms with Crippen molar-refractivity contribution in [1.82, 2.24) is 4.90 Å². The third kappa shape index (κ3) is 3.33. The van der Waals surface area contributed by atoms with Crippen LogP contribution in [0.5, 0.6) is 5.75 Å². The third-order valence-corrected chi connectivity index (χ3v) is 3.95. The van der Waals surface area contributed by atoms with Crippen molar-refractivity contribution in [2.45, 2.75) is 31.8 Å².